The molecule has 1 saturated heterocycles. The van der Waals surface area contributed by atoms with Crippen molar-refractivity contribution >= 4 is 45.7 Å². The van der Waals surface area contributed by atoms with Crippen molar-refractivity contribution in [2.24, 2.45) is 11.7 Å². The van der Waals surface area contributed by atoms with Gasteiger partial charge in [-0.25, -0.2) is 0 Å². The quantitative estimate of drug-likeness (QED) is 0.754. The molecule has 3 N–H and O–H groups in total. The van der Waals surface area contributed by atoms with E-state index in [9.17, 15) is 19.2 Å². The predicted octanol–water partition coefficient (Wildman–Crippen LogP) is 2.88. The number of primary amides is 1. The second-order valence-electron chi connectivity index (χ2n) is 7.54. The number of hydrogen-bond acceptors (Lipinski definition) is 5. The van der Waals surface area contributed by atoms with Gasteiger partial charge in [0, 0.05) is 23.3 Å². The van der Waals surface area contributed by atoms with Crippen molar-refractivity contribution in [3.8, 4) is 0 Å². The highest BCUT2D eigenvalue weighted by molar-refractivity contribution is 7.17. The lowest BCUT2D eigenvalue weighted by molar-refractivity contribution is -0.121. The summed E-state index contributed by atoms with van der Waals surface area (Å²) in [6, 6.07) is 6.27. The summed E-state index contributed by atoms with van der Waals surface area (Å²) >= 11 is 1.41. The van der Waals surface area contributed by atoms with Crippen LogP contribution in [-0.4, -0.2) is 23.6 Å². The molecule has 1 aliphatic heterocycles. The van der Waals surface area contributed by atoms with Crippen LogP contribution in [0.25, 0.3) is 0 Å². The number of amides is 4. The van der Waals surface area contributed by atoms with E-state index in [1.54, 1.807) is 24.3 Å². The molecule has 2 heterocycles. The van der Waals surface area contributed by atoms with E-state index in [1.807, 2.05) is 0 Å². The Labute approximate surface area is 171 Å². The maximum Gasteiger partial charge on any atom is 0.256 e. The van der Waals surface area contributed by atoms with Crippen molar-refractivity contribution in [3.05, 3.63) is 45.8 Å². The normalized spacial score (nSPS) is 18.7. The van der Waals surface area contributed by atoms with Gasteiger partial charge in [0.25, 0.3) is 11.8 Å². The number of fused-ring (bicyclic) bond motifs is 1. The number of hydrogen-bond donors (Lipinski definition) is 2. The molecule has 1 unspecified atom stereocenters. The number of nitrogens with two attached hydrogens (primary N) is 1. The van der Waals surface area contributed by atoms with Crippen LogP contribution in [0.5, 0.6) is 0 Å². The van der Waals surface area contributed by atoms with Crippen LogP contribution in [0.3, 0.4) is 0 Å². The first-order valence-electron chi connectivity index (χ1n) is 9.56. The first-order chi connectivity index (χ1) is 13.8. The molecule has 29 heavy (non-hydrogen) atoms. The number of imide groups is 1. The summed E-state index contributed by atoms with van der Waals surface area (Å²) in [6.07, 6.45) is 3.07. The van der Waals surface area contributed by atoms with E-state index in [-0.39, 0.29) is 30.6 Å². The summed E-state index contributed by atoms with van der Waals surface area (Å²) in [6.45, 7) is 2.17. The van der Waals surface area contributed by atoms with E-state index < -0.39 is 5.91 Å². The van der Waals surface area contributed by atoms with Gasteiger partial charge in [0.15, 0.2) is 0 Å². The van der Waals surface area contributed by atoms with Gasteiger partial charge in [-0.3, -0.25) is 24.1 Å². The number of thiophene rings is 1. The molecular weight excluding hydrogens is 390 g/mol. The van der Waals surface area contributed by atoms with E-state index >= 15 is 0 Å². The Bertz CT molecular complexity index is 1010. The highest BCUT2D eigenvalue weighted by atomic mass is 32.1. The number of benzene rings is 1. The number of nitrogens with zero attached hydrogens (tertiary/aromatic N) is 1. The maximum atomic E-state index is 12.7. The number of nitrogens with one attached hydrogen (secondary N) is 1. The van der Waals surface area contributed by atoms with Crippen LogP contribution in [0.1, 0.15) is 57.3 Å². The molecule has 4 rings (SSSR count). The fraction of sp³-hybridized carbons (Fsp3) is 0.333. The Morgan fingerprint density at radius 2 is 1.76 bits per heavy atom. The number of anilines is 2. The van der Waals surface area contributed by atoms with Crippen LogP contribution in [0.2, 0.25) is 0 Å². The lowest BCUT2D eigenvalue weighted by Crippen LogP contribution is -2.28. The molecular formula is C21H21N3O4S. The van der Waals surface area contributed by atoms with Crippen LogP contribution in [0.15, 0.2) is 24.3 Å². The average Bonchev–Trinajstić information content (AvgIpc) is 3.20. The van der Waals surface area contributed by atoms with E-state index in [2.05, 4.69) is 12.2 Å². The molecule has 1 aliphatic carbocycles. The second-order valence-corrected chi connectivity index (χ2v) is 8.65. The third-order valence-electron chi connectivity index (χ3n) is 5.42. The topological polar surface area (TPSA) is 110 Å². The Balaban J connectivity index is 1.56. The fourth-order valence-electron chi connectivity index (χ4n) is 3.90. The number of rotatable bonds is 4. The van der Waals surface area contributed by atoms with Crippen molar-refractivity contribution in [1.29, 1.82) is 0 Å². The van der Waals surface area contributed by atoms with Crippen molar-refractivity contribution < 1.29 is 19.2 Å². The third-order valence-corrected chi connectivity index (χ3v) is 6.59. The van der Waals surface area contributed by atoms with Crippen molar-refractivity contribution in [3.63, 3.8) is 0 Å². The first kappa shape index (κ1) is 19.3. The van der Waals surface area contributed by atoms with E-state index in [1.165, 1.54) is 11.3 Å². The van der Waals surface area contributed by atoms with Gasteiger partial charge in [-0.2, -0.15) is 0 Å². The van der Waals surface area contributed by atoms with Crippen molar-refractivity contribution in [2.75, 3.05) is 10.2 Å². The molecule has 0 radical (unpaired) electrons. The summed E-state index contributed by atoms with van der Waals surface area (Å²) < 4.78 is 0. The van der Waals surface area contributed by atoms with Gasteiger partial charge in [0.2, 0.25) is 11.8 Å². The van der Waals surface area contributed by atoms with Crippen LogP contribution in [0.4, 0.5) is 10.7 Å². The van der Waals surface area contributed by atoms with Gasteiger partial charge in [-0.1, -0.05) is 6.92 Å². The largest absolute Gasteiger partial charge is 0.365 e. The molecule has 1 atom stereocenters. The van der Waals surface area contributed by atoms with Crippen LogP contribution in [-0.2, 0) is 22.4 Å². The fourth-order valence-corrected chi connectivity index (χ4v) is 5.31. The highest BCUT2D eigenvalue weighted by Crippen LogP contribution is 2.39. The number of carbonyl (C=O) groups excluding carboxylic acids is 4. The predicted molar refractivity (Wildman–Crippen MR) is 110 cm³/mol. The summed E-state index contributed by atoms with van der Waals surface area (Å²) in [7, 11) is 0. The molecule has 4 amide bonds. The monoisotopic (exact) mass is 411 g/mol. The molecule has 2 aliphatic rings. The minimum absolute atomic E-state index is 0.207. The molecule has 150 valence electrons. The minimum Gasteiger partial charge on any atom is -0.365 e. The Hall–Kier alpha value is -3.00. The van der Waals surface area contributed by atoms with Gasteiger partial charge < -0.3 is 11.1 Å². The minimum atomic E-state index is -0.534. The molecule has 0 spiro atoms. The SMILES string of the molecule is CC1CCc2c(sc(NC(=O)c3ccc(N4C(=O)CCC4=O)cc3)c2C(N)=O)C1. The molecule has 1 aromatic carbocycles. The first-order valence-corrected chi connectivity index (χ1v) is 10.4. The lowest BCUT2D eigenvalue weighted by atomic mass is 9.88. The van der Waals surface area contributed by atoms with E-state index in [0.717, 1.165) is 34.6 Å². The highest BCUT2D eigenvalue weighted by Gasteiger charge is 2.30. The summed E-state index contributed by atoms with van der Waals surface area (Å²) in [5.74, 6) is -0.846. The van der Waals surface area contributed by atoms with Gasteiger partial charge in [0.1, 0.15) is 5.00 Å². The van der Waals surface area contributed by atoms with Gasteiger partial charge in [0.05, 0.1) is 11.3 Å². The molecule has 8 heteroatoms. The third kappa shape index (κ3) is 3.55. The summed E-state index contributed by atoms with van der Waals surface area (Å²) in [4.78, 5) is 50.7. The zero-order chi connectivity index (χ0) is 20.7. The standard InChI is InChI=1S/C21H21N3O4S/c1-11-2-7-14-15(10-11)29-21(18(14)19(22)27)23-20(28)12-3-5-13(6-4-12)24-16(25)8-9-17(24)26/h3-6,11H,2,7-10H2,1H3,(H2,22,27)(H,23,28). The maximum absolute atomic E-state index is 12.7. The zero-order valence-corrected chi connectivity index (χ0v) is 16.8. The second kappa shape index (κ2) is 7.44. The van der Waals surface area contributed by atoms with Crippen molar-refractivity contribution in [1.82, 2.24) is 0 Å². The summed E-state index contributed by atoms with van der Waals surface area (Å²) in [5, 5.41) is 3.30. The molecule has 1 fully saturated rings. The van der Waals surface area contributed by atoms with Gasteiger partial charge >= 0.3 is 0 Å². The Morgan fingerprint density at radius 3 is 2.38 bits per heavy atom. The van der Waals surface area contributed by atoms with Gasteiger partial charge in [-0.05, 0) is 55.0 Å². The lowest BCUT2D eigenvalue weighted by Gasteiger charge is -2.18. The van der Waals surface area contributed by atoms with Gasteiger partial charge in [-0.15, -0.1) is 11.3 Å². The Kier molecular flexibility index (Phi) is 4.96. The summed E-state index contributed by atoms with van der Waals surface area (Å²) in [5.41, 5.74) is 7.78. The molecule has 0 saturated carbocycles. The van der Waals surface area contributed by atoms with E-state index in [4.69, 9.17) is 5.73 Å². The van der Waals surface area contributed by atoms with E-state index in [0.29, 0.717) is 27.7 Å². The average molecular weight is 411 g/mol. The Morgan fingerprint density at radius 1 is 1.10 bits per heavy atom. The van der Waals surface area contributed by atoms with Crippen molar-refractivity contribution in [2.45, 2.75) is 39.0 Å². The molecule has 7 nitrogen and oxygen atoms in total. The zero-order valence-electron chi connectivity index (χ0n) is 16.0. The van der Waals surface area contributed by atoms with Crippen LogP contribution >= 0.6 is 11.3 Å². The molecule has 0 bridgehead atoms. The molecule has 1 aromatic heterocycles. The smallest absolute Gasteiger partial charge is 0.256 e. The van der Waals surface area contributed by atoms with Crippen LogP contribution in [0, 0.1) is 5.92 Å². The molecule has 2 aromatic rings. The van der Waals surface area contributed by atoms with Crippen LogP contribution < -0.4 is 16.0 Å². The number of carbonyl (C=O) groups is 4.